The van der Waals surface area contributed by atoms with Crippen LogP contribution in [0.4, 0.5) is 4.79 Å². The Kier molecular flexibility index (Phi) is 6.15. The summed E-state index contributed by atoms with van der Waals surface area (Å²) in [7, 11) is 0. The molecule has 2 heterocycles. The second-order valence-electron chi connectivity index (χ2n) is 6.64. The number of urea groups is 1. The summed E-state index contributed by atoms with van der Waals surface area (Å²) in [6.45, 7) is 6.25. The monoisotopic (exact) mass is 434 g/mol. The first kappa shape index (κ1) is 19.4. The lowest BCUT2D eigenvalue weighted by Crippen LogP contribution is -2.53. The SMILES string of the molecule is Cc1noc(C)c1CC(=O)N1CCN(C(=O)NCc2cccc(Br)c2)CC1. The highest BCUT2D eigenvalue weighted by Crippen LogP contribution is 2.15. The number of nitrogens with zero attached hydrogens (tertiary/aromatic N) is 3. The van der Waals surface area contributed by atoms with E-state index in [9.17, 15) is 9.59 Å². The van der Waals surface area contributed by atoms with Gasteiger partial charge in [0.15, 0.2) is 0 Å². The second kappa shape index (κ2) is 8.56. The van der Waals surface area contributed by atoms with Gasteiger partial charge >= 0.3 is 6.03 Å². The average Bonchev–Trinajstić information content (AvgIpc) is 2.98. The Morgan fingerprint density at radius 3 is 2.52 bits per heavy atom. The van der Waals surface area contributed by atoms with Gasteiger partial charge in [-0.15, -0.1) is 0 Å². The van der Waals surface area contributed by atoms with E-state index in [1.54, 1.807) is 9.80 Å². The van der Waals surface area contributed by atoms with Crippen molar-refractivity contribution in [2.24, 2.45) is 0 Å². The van der Waals surface area contributed by atoms with Gasteiger partial charge in [-0.3, -0.25) is 4.79 Å². The third-order valence-corrected chi connectivity index (χ3v) is 5.25. The van der Waals surface area contributed by atoms with Gasteiger partial charge < -0.3 is 19.6 Å². The third kappa shape index (κ3) is 4.88. The molecule has 0 aliphatic carbocycles. The molecule has 0 bridgehead atoms. The lowest BCUT2D eigenvalue weighted by molar-refractivity contribution is -0.131. The number of hydrogen-bond donors (Lipinski definition) is 1. The highest BCUT2D eigenvalue weighted by molar-refractivity contribution is 9.10. The number of carbonyl (C=O) groups excluding carboxylic acids is 2. The van der Waals surface area contributed by atoms with Crippen molar-refractivity contribution >= 4 is 27.9 Å². The molecule has 0 unspecified atom stereocenters. The number of carbonyl (C=O) groups is 2. The van der Waals surface area contributed by atoms with E-state index < -0.39 is 0 Å². The molecule has 1 aliphatic heterocycles. The highest BCUT2D eigenvalue weighted by atomic mass is 79.9. The molecule has 8 heteroatoms. The zero-order valence-electron chi connectivity index (χ0n) is 15.5. The molecule has 0 saturated carbocycles. The summed E-state index contributed by atoms with van der Waals surface area (Å²) in [5.74, 6) is 0.727. The van der Waals surface area contributed by atoms with Gasteiger partial charge in [-0.2, -0.15) is 0 Å². The fraction of sp³-hybridized carbons (Fsp3) is 0.421. The van der Waals surface area contributed by atoms with Crippen LogP contribution in [0.2, 0.25) is 0 Å². The van der Waals surface area contributed by atoms with Crippen LogP contribution >= 0.6 is 15.9 Å². The Morgan fingerprint density at radius 2 is 1.89 bits per heavy atom. The van der Waals surface area contributed by atoms with Crippen LogP contribution in [-0.2, 0) is 17.8 Å². The molecule has 0 atom stereocenters. The van der Waals surface area contributed by atoms with Crippen molar-refractivity contribution in [1.29, 1.82) is 0 Å². The molecule has 1 aliphatic rings. The van der Waals surface area contributed by atoms with Crippen LogP contribution in [-0.4, -0.2) is 53.1 Å². The van der Waals surface area contributed by atoms with Crippen LogP contribution in [0.3, 0.4) is 0 Å². The number of aromatic nitrogens is 1. The summed E-state index contributed by atoms with van der Waals surface area (Å²) < 4.78 is 6.10. The second-order valence-corrected chi connectivity index (χ2v) is 7.55. The van der Waals surface area contributed by atoms with Crippen molar-refractivity contribution < 1.29 is 14.1 Å². The van der Waals surface area contributed by atoms with Crippen LogP contribution in [0.5, 0.6) is 0 Å². The first-order valence-electron chi connectivity index (χ1n) is 8.91. The number of rotatable bonds is 4. The molecule has 0 radical (unpaired) electrons. The van der Waals surface area contributed by atoms with Gasteiger partial charge in [-0.1, -0.05) is 33.2 Å². The van der Waals surface area contributed by atoms with Crippen molar-refractivity contribution in [3.8, 4) is 0 Å². The Bertz CT molecular complexity index is 809. The number of nitrogens with one attached hydrogen (secondary N) is 1. The van der Waals surface area contributed by atoms with Gasteiger partial charge in [0.05, 0.1) is 12.1 Å². The van der Waals surface area contributed by atoms with Crippen molar-refractivity contribution in [3.63, 3.8) is 0 Å². The van der Waals surface area contributed by atoms with E-state index >= 15 is 0 Å². The third-order valence-electron chi connectivity index (χ3n) is 4.76. The molecule has 0 spiro atoms. The first-order chi connectivity index (χ1) is 12.9. The molecule has 1 aromatic carbocycles. The van der Waals surface area contributed by atoms with Crippen molar-refractivity contribution in [2.75, 3.05) is 26.2 Å². The number of benzene rings is 1. The maximum atomic E-state index is 12.5. The largest absolute Gasteiger partial charge is 0.361 e. The molecule has 144 valence electrons. The maximum Gasteiger partial charge on any atom is 0.317 e. The summed E-state index contributed by atoms with van der Waals surface area (Å²) >= 11 is 3.43. The minimum atomic E-state index is -0.104. The normalized spacial score (nSPS) is 14.3. The summed E-state index contributed by atoms with van der Waals surface area (Å²) in [5.41, 5.74) is 2.65. The van der Waals surface area contributed by atoms with Gasteiger partial charge in [0.2, 0.25) is 5.91 Å². The van der Waals surface area contributed by atoms with E-state index in [0.29, 0.717) is 38.5 Å². The van der Waals surface area contributed by atoms with E-state index in [1.807, 2.05) is 38.1 Å². The molecule has 1 saturated heterocycles. The lowest BCUT2D eigenvalue weighted by atomic mass is 10.1. The Morgan fingerprint density at radius 1 is 1.19 bits per heavy atom. The van der Waals surface area contributed by atoms with Gasteiger partial charge in [0.1, 0.15) is 5.76 Å². The minimum absolute atomic E-state index is 0.0404. The fourth-order valence-electron chi connectivity index (χ4n) is 3.11. The number of hydrogen-bond acceptors (Lipinski definition) is 4. The number of piperazine rings is 1. The van der Waals surface area contributed by atoms with E-state index in [4.69, 9.17) is 4.52 Å². The summed E-state index contributed by atoms with van der Waals surface area (Å²) in [6.07, 6.45) is 0.288. The van der Waals surface area contributed by atoms with Crippen LogP contribution in [0.1, 0.15) is 22.6 Å². The van der Waals surface area contributed by atoms with Crippen LogP contribution in [0.15, 0.2) is 33.3 Å². The molecule has 1 fully saturated rings. The van der Waals surface area contributed by atoms with E-state index in [2.05, 4.69) is 26.4 Å². The molecule has 3 rings (SSSR count). The fourth-order valence-corrected chi connectivity index (χ4v) is 3.56. The molecular weight excluding hydrogens is 412 g/mol. The van der Waals surface area contributed by atoms with E-state index in [-0.39, 0.29) is 18.4 Å². The smallest absolute Gasteiger partial charge is 0.317 e. The zero-order valence-corrected chi connectivity index (χ0v) is 17.1. The first-order valence-corrected chi connectivity index (χ1v) is 9.70. The summed E-state index contributed by atoms with van der Waals surface area (Å²) in [5, 5.41) is 6.82. The molecule has 3 amide bonds. The summed E-state index contributed by atoms with van der Waals surface area (Å²) in [6, 6.07) is 7.73. The molecule has 27 heavy (non-hydrogen) atoms. The van der Waals surface area contributed by atoms with Gasteiger partial charge in [-0.25, -0.2) is 4.79 Å². The Hall–Kier alpha value is -2.35. The molecule has 7 nitrogen and oxygen atoms in total. The molecule has 1 aromatic heterocycles. The lowest BCUT2D eigenvalue weighted by Gasteiger charge is -2.34. The number of aryl methyl sites for hydroxylation is 2. The number of amides is 3. The number of halogens is 1. The average molecular weight is 435 g/mol. The topological polar surface area (TPSA) is 78.7 Å². The highest BCUT2D eigenvalue weighted by Gasteiger charge is 2.25. The van der Waals surface area contributed by atoms with Crippen molar-refractivity contribution in [3.05, 3.63) is 51.3 Å². The van der Waals surface area contributed by atoms with Crippen molar-refractivity contribution in [1.82, 2.24) is 20.3 Å². The van der Waals surface area contributed by atoms with E-state index in [1.165, 1.54) is 0 Å². The Labute approximate surface area is 166 Å². The summed E-state index contributed by atoms with van der Waals surface area (Å²) in [4.78, 5) is 28.4. The molecular formula is C19H23BrN4O3. The minimum Gasteiger partial charge on any atom is -0.361 e. The zero-order chi connectivity index (χ0) is 19.4. The Balaban J connectivity index is 1.46. The van der Waals surface area contributed by atoms with Crippen LogP contribution in [0.25, 0.3) is 0 Å². The maximum absolute atomic E-state index is 12.5. The van der Waals surface area contributed by atoms with Gasteiger partial charge in [0, 0.05) is 42.8 Å². The van der Waals surface area contributed by atoms with Crippen LogP contribution < -0.4 is 5.32 Å². The quantitative estimate of drug-likeness (QED) is 0.801. The van der Waals surface area contributed by atoms with E-state index in [0.717, 1.165) is 21.3 Å². The van der Waals surface area contributed by atoms with Crippen molar-refractivity contribution in [2.45, 2.75) is 26.8 Å². The predicted octanol–water partition coefficient (Wildman–Crippen LogP) is 2.65. The van der Waals surface area contributed by atoms with Crippen LogP contribution in [0, 0.1) is 13.8 Å². The molecule has 1 N–H and O–H groups in total. The standard InChI is InChI=1S/C19H23BrN4O3/c1-13-17(14(2)27-22-13)11-18(25)23-6-8-24(9-7-23)19(26)21-12-15-4-3-5-16(20)10-15/h3-5,10H,6-9,11-12H2,1-2H3,(H,21,26). The molecule has 2 aromatic rings. The predicted molar refractivity (Wildman–Crippen MR) is 104 cm³/mol. The van der Waals surface area contributed by atoms with Gasteiger partial charge in [0.25, 0.3) is 0 Å². The van der Waals surface area contributed by atoms with Gasteiger partial charge in [-0.05, 0) is 31.5 Å².